The molecular weight excluding hydrogens is 370 g/mol. The monoisotopic (exact) mass is 393 g/mol. The average molecular weight is 394 g/mol. The molecule has 2 rings (SSSR count). The molecule has 1 aromatic carbocycles. The van der Waals surface area contributed by atoms with Gasteiger partial charge in [0.2, 0.25) is 11.7 Å². The summed E-state index contributed by atoms with van der Waals surface area (Å²) in [6.45, 7) is 6.53. The minimum atomic E-state index is -0.0909. The Labute approximate surface area is 151 Å². The number of tetrazole rings is 1. The number of nitrogens with zero attached hydrogens (tertiary/aromatic N) is 4. The van der Waals surface area contributed by atoms with Gasteiger partial charge in [-0.2, -0.15) is 4.80 Å². The van der Waals surface area contributed by atoms with Crippen molar-refractivity contribution in [2.24, 2.45) is 5.92 Å². The third-order valence-corrected chi connectivity index (χ3v) is 4.19. The first kappa shape index (κ1) is 18.6. The Balaban J connectivity index is 1.83. The molecule has 1 aromatic heterocycles. The summed E-state index contributed by atoms with van der Waals surface area (Å²) < 4.78 is 0.990. The van der Waals surface area contributed by atoms with E-state index in [0.29, 0.717) is 11.7 Å². The van der Waals surface area contributed by atoms with Gasteiger partial charge in [-0.1, -0.05) is 42.6 Å². The predicted octanol–water partition coefficient (Wildman–Crippen LogP) is 3.43. The number of halogens is 1. The molecule has 6 nitrogen and oxygen atoms in total. The second-order valence-corrected chi connectivity index (χ2v) is 7.36. The molecule has 0 aliphatic carbocycles. The molecule has 2 aromatic rings. The van der Waals surface area contributed by atoms with Gasteiger partial charge in [-0.15, -0.1) is 10.2 Å². The van der Waals surface area contributed by atoms with Crippen LogP contribution in [0.1, 0.15) is 40.0 Å². The lowest BCUT2D eigenvalue weighted by Crippen LogP contribution is -2.35. The second-order valence-electron chi connectivity index (χ2n) is 6.44. The van der Waals surface area contributed by atoms with Gasteiger partial charge < -0.3 is 5.32 Å². The lowest BCUT2D eigenvalue weighted by molar-refractivity contribution is -0.122. The number of carbonyl (C=O) groups excluding carboxylic acids is 1. The van der Waals surface area contributed by atoms with Crippen LogP contribution in [0.15, 0.2) is 28.7 Å². The molecule has 0 saturated carbocycles. The van der Waals surface area contributed by atoms with Gasteiger partial charge >= 0.3 is 0 Å². The third kappa shape index (κ3) is 6.03. The molecule has 0 aliphatic heterocycles. The topological polar surface area (TPSA) is 72.7 Å². The molecule has 7 heteroatoms. The standard InChI is InChI=1S/C17H24BrN5O/c1-12(2)5-4-6-13(3)19-16(24)11-23-21-17(20-22-23)14-7-9-15(18)10-8-14/h7-10,12-13H,4-6,11H2,1-3H3,(H,19,24)/t13-/m1/s1. The molecule has 24 heavy (non-hydrogen) atoms. The lowest BCUT2D eigenvalue weighted by Gasteiger charge is -2.14. The Morgan fingerprint density at radius 2 is 1.92 bits per heavy atom. The van der Waals surface area contributed by atoms with Crippen LogP contribution in [-0.2, 0) is 11.3 Å². The number of nitrogens with one attached hydrogen (secondary N) is 1. The van der Waals surface area contributed by atoms with Crippen molar-refractivity contribution in [1.29, 1.82) is 0 Å². The van der Waals surface area contributed by atoms with Crippen molar-refractivity contribution in [2.45, 2.75) is 52.6 Å². The Kier molecular flexibility index (Phi) is 6.90. The Morgan fingerprint density at radius 1 is 1.21 bits per heavy atom. The van der Waals surface area contributed by atoms with Crippen molar-refractivity contribution in [2.75, 3.05) is 0 Å². The summed E-state index contributed by atoms with van der Waals surface area (Å²) in [7, 11) is 0. The van der Waals surface area contributed by atoms with Gasteiger partial charge in [0.1, 0.15) is 6.54 Å². The van der Waals surface area contributed by atoms with Crippen LogP contribution in [0.25, 0.3) is 11.4 Å². The number of aromatic nitrogens is 4. The van der Waals surface area contributed by atoms with E-state index >= 15 is 0 Å². The molecule has 0 unspecified atom stereocenters. The van der Waals surface area contributed by atoms with Crippen molar-refractivity contribution in [3.05, 3.63) is 28.7 Å². The van der Waals surface area contributed by atoms with Crippen LogP contribution >= 0.6 is 15.9 Å². The fourth-order valence-electron chi connectivity index (χ4n) is 2.38. The van der Waals surface area contributed by atoms with Crippen molar-refractivity contribution in [3.8, 4) is 11.4 Å². The van der Waals surface area contributed by atoms with E-state index in [9.17, 15) is 4.79 Å². The van der Waals surface area contributed by atoms with Crippen LogP contribution in [0.2, 0.25) is 0 Å². The number of rotatable bonds is 8. The summed E-state index contributed by atoms with van der Waals surface area (Å²) in [6, 6.07) is 7.80. The molecule has 1 N–H and O–H groups in total. The molecule has 1 atom stereocenters. The fourth-order valence-corrected chi connectivity index (χ4v) is 2.64. The summed E-state index contributed by atoms with van der Waals surface area (Å²) in [5.41, 5.74) is 0.868. The summed E-state index contributed by atoms with van der Waals surface area (Å²) in [4.78, 5) is 13.4. The average Bonchev–Trinajstić information content (AvgIpc) is 2.95. The highest BCUT2D eigenvalue weighted by Gasteiger charge is 2.11. The zero-order valence-corrected chi connectivity index (χ0v) is 16.0. The molecule has 0 saturated heterocycles. The van der Waals surface area contributed by atoms with E-state index in [0.717, 1.165) is 22.9 Å². The van der Waals surface area contributed by atoms with Gasteiger partial charge in [0.25, 0.3) is 0 Å². The number of hydrogen-bond acceptors (Lipinski definition) is 4. The number of carbonyl (C=O) groups is 1. The highest BCUT2D eigenvalue weighted by Crippen LogP contribution is 2.17. The summed E-state index contributed by atoms with van der Waals surface area (Å²) in [5, 5.41) is 15.2. The summed E-state index contributed by atoms with van der Waals surface area (Å²) >= 11 is 3.39. The first-order valence-electron chi connectivity index (χ1n) is 8.27. The number of hydrogen-bond donors (Lipinski definition) is 1. The second kappa shape index (κ2) is 8.92. The normalized spacial score (nSPS) is 12.4. The Bertz CT molecular complexity index is 653. The van der Waals surface area contributed by atoms with Crippen molar-refractivity contribution >= 4 is 21.8 Å². The largest absolute Gasteiger partial charge is 0.352 e. The Hall–Kier alpha value is -1.76. The van der Waals surface area contributed by atoms with Gasteiger partial charge in [-0.05, 0) is 48.7 Å². The molecule has 0 fully saturated rings. The van der Waals surface area contributed by atoms with Gasteiger partial charge in [-0.3, -0.25) is 4.79 Å². The smallest absolute Gasteiger partial charge is 0.243 e. The van der Waals surface area contributed by atoms with Crippen LogP contribution in [0.5, 0.6) is 0 Å². The SMILES string of the molecule is CC(C)CCC[C@@H](C)NC(=O)Cn1nnc(-c2ccc(Br)cc2)n1. The van der Waals surface area contributed by atoms with E-state index < -0.39 is 0 Å². The molecule has 0 bridgehead atoms. The van der Waals surface area contributed by atoms with E-state index in [1.54, 1.807) is 0 Å². The van der Waals surface area contributed by atoms with Crippen molar-refractivity contribution in [3.63, 3.8) is 0 Å². The third-order valence-electron chi connectivity index (χ3n) is 3.67. The van der Waals surface area contributed by atoms with Gasteiger partial charge in [0, 0.05) is 16.1 Å². The van der Waals surface area contributed by atoms with E-state index in [2.05, 4.69) is 50.5 Å². The van der Waals surface area contributed by atoms with E-state index in [4.69, 9.17) is 0 Å². The van der Waals surface area contributed by atoms with E-state index in [1.807, 2.05) is 31.2 Å². The van der Waals surface area contributed by atoms with Crippen LogP contribution in [-0.4, -0.2) is 32.2 Å². The summed E-state index contributed by atoms with van der Waals surface area (Å²) in [5.74, 6) is 1.12. The Morgan fingerprint density at radius 3 is 2.58 bits per heavy atom. The van der Waals surface area contributed by atoms with Crippen LogP contribution in [0, 0.1) is 5.92 Å². The molecule has 0 aliphatic rings. The maximum atomic E-state index is 12.1. The summed E-state index contributed by atoms with van der Waals surface area (Å²) in [6.07, 6.45) is 3.29. The maximum absolute atomic E-state index is 12.1. The first-order valence-corrected chi connectivity index (χ1v) is 9.06. The minimum Gasteiger partial charge on any atom is -0.352 e. The number of amides is 1. The zero-order valence-electron chi connectivity index (χ0n) is 14.4. The van der Waals surface area contributed by atoms with E-state index in [-0.39, 0.29) is 18.5 Å². The highest BCUT2D eigenvalue weighted by molar-refractivity contribution is 9.10. The molecule has 1 heterocycles. The van der Waals surface area contributed by atoms with Gasteiger partial charge in [0.05, 0.1) is 0 Å². The molecular formula is C17H24BrN5O. The van der Waals surface area contributed by atoms with Crippen LogP contribution < -0.4 is 5.32 Å². The first-order chi connectivity index (χ1) is 11.4. The van der Waals surface area contributed by atoms with Gasteiger partial charge in [0.15, 0.2) is 0 Å². The van der Waals surface area contributed by atoms with Crippen molar-refractivity contribution in [1.82, 2.24) is 25.5 Å². The molecule has 130 valence electrons. The van der Waals surface area contributed by atoms with Gasteiger partial charge in [-0.25, -0.2) is 0 Å². The molecule has 1 amide bonds. The number of benzene rings is 1. The van der Waals surface area contributed by atoms with Crippen LogP contribution in [0.3, 0.4) is 0 Å². The predicted molar refractivity (Wildman–Crippen MR) is 97.2 cm³/mol. The fraction of sp³-hybridized carbons (Fsp3) is 0.529. The highest BCUT2D eigenvalue weighted by atomic mass is 79.9. The zero-order chi connectivity index (χ0) is 17.5. The maximum Gasteiger partial charge on any atom is 0.243 e. The van der Waals surface area contributed by atoms with Crippen molar-refractivity contribution < 1.29 is 4.79 Å². The lowest BCUT2D eigenvalue weighted by atomic mass is 10.0. The molecule has 0 radical (unpaired) electrons. The quantitative estimate of drug-likeness (QED) is 0.745. The van der Waals surface area contributed by atoms with Crippen LogP contribution in [0.4, 0.5) is 0 Å². The minimum absolute atomic E-state index is 0.0814. The molecule has 0 spiro atoms. The van der Waals surface area contributed by atoms with E-state index in [1.165, 1.54) is 11.2 Å².